The highest BCUT2D eigenvalue weighted by Gasteiger charge is 2.36. The smallest absolute Gasteiger partial charge is 0.141 e. The van der Waals surface area contributed by atoms with E-state index in [2.05, 4.69) is 41.5 Å². The molecule has 108 valence electrons. The summed E-state index contributed by atoms with van der Waals surface area (Å²) < 4.78 is 0. The zero-order valence-electron chi connectivity index (χ0n) is 14.1. The minimum absolute atomic E-state index is 0.0717. The van der Waals surface area contributed by atoms with E-state index in [4.69, 9.17) is 0 Å². The molecule has 0 spiro atoms. The number of rotatable bonds is 4. The second kappa shape index (κ2) is 5.75. The van der Waals surface area contributed by atoms with E-state index in [1.807, 2.05) is 20.8 Å². The van der Waals surface area contributed by atoms with Crippen LogP contribution in [0.15, 0.2) is 0 Å². The van der Waals surface area contributed by atoms with Crippen LogP contribution in [0.5, 0.6) is 0 Å². The third-order valence-electron chi connectivity index (χ3n) is 3.52. The maximum atomic E-state index is 12.6. The Hall–Kier alpha value is -0.330. The van der Waals surface area contributed by atoms with E-state index < -0.39 is 0 Å². The van der Waals surface area contributed by atoms with Gasteiger partial charge in [0.2, 0.25) is 0 Å². The molecule has 0 heterocycles. The fraction of sp³-hybridized carbons (Fsp3) is 0.941. The highest BCUT2D eigenvalue weighted by Crippen LogP contribution is 2.37. The second-order valence-corrected chi connectivity index (χ2v) is 8.99. The van der Waals surface area contributed by atoms with Gasteiger partial charge < -0.3 is 0 Å². The van der Waals surface area contributed by atoms with Crippen molar-refractivity contribution in [3.63, 3.8) is 0 Å². The van der Waals surface area contributed by atoms with Gasteiger partial charge in [0.05, 0.1) is 0 Å². The van der Waals surface area contributed by atoms with Crippen LogP contribution >= 0.6 is 0 Å². The van der Waals surface area contributed by atoms with Crippen molar-refractivity contribution < 1.29 is 4.79 Å². The van der Waals surface area contributed by atoms with Gasteiger partial charge in [-0.1, -0.05) is 68.7 Å². The molecule has 0 aromatic carbocycles. The number of carbonyl (C=O) groups is 1. The average Bonchev–Trinajstić information content (AvgIpc) is 2.05. The van der Waals surface area contributed by atoms with Crippen molar-refractivity contribution in [2.75, 3.05) is 0 Å². The lowest BCUT2D eigenvalue weighted by molar-refractivity contribution is -0.134. The van der Waals surface area contributed by atoms with Crippen LogP contribution in [0.3, 0.4) is 0 Å². The normalized spacial score (nSPS) is 15.6. The van der Waals surface area contributed by atoms with Crippen LogP contribution in [0.1, 0.15) is 81.6 Å². The Balaban J connectivity index is 4.69. The standard InChI is InChI=1S/C17H34O/c1-15(2,3)12-10-11-13(16(4,5)6)14(18)17(7,8)9/h13H,10-12H2,1-9H3. The number of Topliss-reactive ketones (excluding diaryl/α,β-unsaturated/α-hetero) is 1. The summed E-state index contributed by atoms with van der Waals surface area (Å²) in [4.78, 5) is 12.6. The summed E-state index contributed by atoms with van der Waals surface area (Å²) in [5, 5.41) is 0. The number of hydrogen-bond acceptors (Lipinski definition) is 1. The molecule has 0 aliphatic rings. The molecule has 0 rings (SSSR count). The summed E-state index contributed by atoms with van der Waals surface area (Å²) in [7, 11) is 0. The zero-order chi connectivity index (χ0) is 14.8. The van der Waals surface area contributed by atoms with Crippen molar-refractivity contribution in [3.05, 3.63) is 0 Å². The summed E-state index contributed by atoms with van der Waals surface area (Å²) in [6.07, 6.45) is 3.36. The molecule has 0 amide bonds. The summed E-state index contributed by atoms with van der Waals surface area (Å²) >= 11 is 0. The van der Waals surface area contributed by atoms with Gasteiger partial charge in [0.1, 0.15) is 5.78 Å². The Kier molecular flexibility index (Phi) is 5.65. The fourth-order valence-electron chi connectivity index (χ4n) is 2.32. The van der Waals surface area contributed by atoms with E-state index in [-0.39, 0.29) is 16.7 Å². The maximum Gasteiger partial charge on any atom is 0.141 e. The minimum Gasteiger partial charge on any atom is -0.299 e. The van der Waals surface area contributed by atoms with Crippen LogP contribution in [0, 0.1) is 22.2 Å². The lowest BCUT2D eigenvalue weighted by Crippen LogP contribution is -2.36. The third kappa shape index (κ3) is 6.56. The highest BCUT2D eigenvalue weighted by atomic mass is 16.1. The van der Waals surface area contributed by atoms with Gasteiger partial charge in [-0.05, 0) is 23.7 Å². The molecule has 0 aliphatic carbocycles. The quantitative estimate of drug-likeness (QED) is 0.649. The van der Waals surface area contributed by atoms with Crippen molar-refractivity contribution in [3.8, 4) is 0 Å². The zero-order valence-corrected chi connectivity index (χ0v) is 14.1. The maximum absolute atomic E-state index is 12.6. The van der Waals surface area contributed by atoms with E-state index in [0.717, 1.165) is 12.8 Å². The van der Waals surface area contributed by atoms with Crippen LogP contribution in [-0.4, -0.2) is 5.78 Å². The second-order valence-electron chi connectivity index (χ2n) is 8.99. The van der Waals surface area contributed by atoms with Gasteiger partial charge in [-0.3, -0.25) is 4.79 Å². The SMILES string of the molecule is CC(C)(C)CCCC(C(=O)C(C)(C)C)C(C)(C)C. The molecule has 0 N–H and O–H groups in total. The van der Waals surface area contributed by atoms with Crippen LogP contribution < -0.4 is 0 Å². The van der Waals surface area contributed by atoms with E-state index in [9.17, 15) is 4.79 Å². The molecule has 0 saturated carbocycles. The van der Waals surface area contributed by atoms with Gasteiger partial charge in [0.25, 0.3) is 0 Å². The number of hydrogen-bond donors (Lipinski definition) is 0. The number of carbonyl (C=O) groups excluding carboxylic acids is 1. The largest absolute Gasteiger partial charge is 0.299 e. The van der Waals surface area contributed by atoms with Gasteiger partial charge in [0, 0.05) is 11.3 Å². The molecular formula is C17H34O. The van der Waals surface area contributed by atoms with Crippen molar-refractivity contribution in [2.24, 2.45) is 22.2 Å². The summed E-state index contributed by atoms with van der Waals surface area (Å²) in [5.41, 5.74) is 0.217. The average molecular weight is 254 g/mol. The molecule has 0 bridgehead atoms. The first kappa shape index (κ1) is 17.7. The van der Waals surface area contributed by atoms with E-state index in [1.165, 1.54) is 6.42 Å². The minimum atomic E-state index is -0.223. The molecule has 1 atom stereocenters. The van der Waals surface area contributed by atoms with Crippen LogP contribution in [0.4, 0.5) is 0 Å². The van der Waals surface area contributed by atoms with Gasteiger partial charge in [-0.15, -0.1) is 0 Å². The predicted molar refractivity (Wildman–Crippen MR) is 80.7 cm³/mol. The predicted octanol–water partition coefficient (Wildman–Crippen LogP) is 5.48. The lowest BCUT2D eigenvalue weighted by atomic mass is 9.68. The number of ketones is 1. The molecule has 0 fully saturated rings. The molecule has 0 aromatic rings. The first-order chi connectivity index (χ1) is 7.75. The molecule has 18 heavy (non-hydrogen) atoms. The van der Waals surface area contributed by atoms with Crippen molar-refractivity contribution in [1.29, 1.82) is 0 Å². The van der Waals surface area contributed by atoms with Crippen molar-refractivity contribution in [1.82, 2.24) is 0 Å². The molecule has 1 unspecified atom stereocenters. The third-order valence-corrected chi connectivity index (χ3v) is 3.52. The Morgan fingerprint density at radius 3 is 1.61 bits per heavy atom. The molecular weight excluding hydrogens is 220 g/mol. The van der Waals surface area contributed by atoms with E-state index in [1.54, 1.807) is 0 Å². The molecule has 1 heteroatoms. The molecule has 0 radical (unpaired) electrons. The topological polar surface area (TPSA) is 17.1 Å². The van der Waals surface area contributed by atoms with Crippen LogP contribution in [0.25, 0.3) is 0 Å². The lowest BCUT2D eigenvalue weighted by Gasteiger charge is -2.35. The van der Waals surface area contributed by atoms with Gasteiger partial charge in [-0.25, -0.2) is 0 Å². The highest BCUT2D eigenvalue weighted by molar-refractivity contribution is 5.86. The summed E-state index contributed by atoms with van der Waals surface area (Å²) in [6.45, 7) is 19.5. The van der Waals surface area contributed by atoms with Crippen LogP contribution in [0.2, 0.25) is 0 Å². The van der Waals surface area contributed by atoms with Crippen molar-refractivity contribution >= 4 is 5.78 Å². The molecule has 0 saturated heterocycles. The fourth-order valence-corrected chi connectivity index (χ4v) is 2.32. The first-order valence-corrected chi connectivity index (χ1v) is 7.29. The molecule has 0 aromatic heterocycles. The van der Waals surface area contributed by atoms with Gasteiger partial charge >= 0.3 is 0 Å². The molecule has 0 aliphatic heterocycles. The van der Waals surface area contributed by atoms with Crippen molar-refractivity contribution in [2.45, 2.75) is 81.6 Å². The monoisotopic (exact) mass is 254 g/mol. The first-order valence-electron chi connectivity index (χ1n) is 7.29. The summed E-state index contributed by atoms with van der Waals surface area (Å²) in [6, 6.07) is 0. The molecule has 1 nitrogen and oxygen atoms in total. The van der Waals surface area contributed by atoms with Gasteiger partial charge in [0.15, 0.2) is 0 Å². The summed E-state index contributed by atoms with van der Waals surface area (Å²) in [5.74, 6) is 0.601. The Morgan fingerprint density at radius 1 is 0.889 bits per heavy atom. The Labute approximate surface area is 115 Å². The van der Waals surface area contributed by atoms with Gasteiger partial charge in [-0.2, -0.15) is 0 Å². The Morgan fingerprint density at radius 2 is 1.33 bits per heavy atom. The van der Waals surface area contributed by atoms with E-state index >= 15 is 0 Å². The Bertz CT molecular complexity index is 267. The van der Waals surface area contributed by atoms with Crippen LogP contribution in [-0.2, 0) is 4.79 Å². The van der Waals surface area contributed by atoms with E-state index in [0.29, 0.717) is 11.2 Å².